The van der Waals surface area contributed by atoms with Gasteiger partial charge in [0.05, 0.1) is 17.8 Å². The van der Waals surface area contributed by atoms with Crippen molar-refractivity contribution < 1.29 is 4.42 Å². The summed E-state index contributed by atoms with van der Waals surface area (Å²) < 4.78 is 5.75. The summed E-state index contributed by atoms with van der Waals surface area (Å²) in [7, 11) is 0. The Morgan fingerprint density at radius 1 is 1.04 bits per heavy atom. The van der Waals surface area contributed by atoms with Crippen molar-refractivity contribution >= 4 is 16.6 Å². The van der Waals surface area contributed by atoms with E-state index in [2.05, 4.69) is 52.0 Å². The van der Waals surface area contributed by atoms with Gasteiger partial charge in [-0.2, -0.15) is 0 Å². The molecule has 1 fully saturated rings. The molecule has 3 heterocycles. The molecule has 1 aliphatic rings. The zero-order chi connectivity index (χ0) is 18.8. The lowest BCUT2D eigenvalue weighted by Crippen LogP contribution is -2.46. The molecule has 27 heavy (non-hydrogen) atoms. The summed E-state index contributed by atoms with van der Waals surface area (Å²) in [5.74, 6) is 1.76. The molecule has 3 aromatic rings. The molecule has 1 aliphatic heterocycles. The molecule has 0 N–H and O–H groups in total. The van der Waals surface area contributed by atoms with Gasteiger partial charge in [0.2, 0.25) is 5.89 Å². The number of benzene rings is 1. The lowest BCUT2D eigenvalue weighted by Gasteiger charge is -2.36. The van der Waals surface area contributed by atoms with E-state index in [1.165, 1.54) is 16.8 Å². The largest absolute Gasteiger partial charge is 0.444 e. The molecule has 0 radical (unpaired) electrons. The highest BCUT2D eigenvalue weighted by molar-refractivity contribution is 5.92. The normalized spacial score (nSPS) is 15.6. The van der Waals surface area contributed by atoms with Gasteiger partial charge in [-0.25, -0.2) is 4.98 Å². The molecule has 0 atom stereocenters. The zero-order valence-corrected chi connectivity index (χ0v) is 16.5. The lowest BCUT2D eigenvalue weighted by atomic mass is 10.1. The number of hydrogen-bond donors (Lipinski definition) is 0. The first kappa shape index (κ1) is 18.0. The minimum atomic E-state index is 0.792. The van der Waals surface area contributed by atoms with Gasteiger partial charge in [-0.05, 0) is 32.4 Å². The Labute approximate surface area is 161 Å². The monoisotopic (exact) mass is 364 g/mol. The molecule has 5 nitrogen and oxygen atoms in total. The number of para-hydroxylation sites is 1. The van der Waals surface area contributed by atoms with Crippen LogP contribution >= 0.6 is 0 Å². The number of nitrogens with zero attached hydrogens (tertiary/aromatic N) is 4. The molecule has 0 spiro atoms. The fraction of sp³-hybridized carbons (Fsp3) is 0.455. The van der Waals surface area contributed by atoms with E-state index in [9.17, 15) is 0 Å². The van der Waals surface area contributed by atoms with Crippen LogP contribution in [0.4, 0.5) is 5.69 Å². The molecule has 0 bridgehead atoms. The third-order valence-corrected chi connectivity index (χ3v) is 5.40. The number of piperazine rings is 1. The average Bonchev–Trinajstić information content (AvgIpc) is 2.99. The van der Waals surface area contributed by atoms with Gasteiger partial charge < -0.3 is 9.32 Å². The molecule has 0 amide bonds. The maximum atomic E-state index is 5.75. The Morgan fingerprint density at radius 3 is 2.52 bits per heavy atom. The molecule has 4 rings (SSSR count). The standard InChI is InChI=1S/C22H28N4O/c1-4-7-18-14-21(19-8-5-6-9-20(19)24-18)26-12-10-25(11-13-26)15-22-23-16(2)17(3)27-22/h5-6,8-9,14H,4,7,10-13,15H2,1-3H3. The summed E-state index contributed by atoms with van der Waals surface area (Å²) in [5, 5.41) is 1.25. The fourth-order valence-corrected chi connectivity index (χ4v) is 3.80. The highest BCUT2D eigenvalue weighted by Gasteiger charge is 2.21. The van der Waals surface area contributed by atoms with Crippen LogP contribution < -0.4 is 4.90 Å². The summed E-state index contributed by atoms with van der Waals surface area (Å²) in [6.07, 6.45) is 2.15. The van der Waals surface area contributed by atoms with Gasteiger partial charge in [0.25, 0.3) is 0 Å². The maximum absolute atomic E-state index is 5.75. The molecule has 5 heteroatoms. The summed E-state index contributed by atoms with van der Waals surface area (Å²) in [4.78, 5) is 14.3. The average molecular weight is 364 g/mol. The van der Waals surface area contributed by atoms with E-state index in [0.717, 1.165) is 68.4 Å². The lowest BCUT2D eigenvalue weighted by molar-refractivity contribution is 0.225. The van der Waals surface area contributed by atoms with Gasteiger partial charge in [0, 0.05) is 42.9 Å². The first-order chi connectivity index (χ1) is 13.1. The highest BCUT2D eigenvalue weighted by Crippen LogP contribution is 2.28. The predicted octanol–water partition coefficient (Wildman–Crippen LogP) is 4.11. The summed E-state index contributed by atoms with van der Waals surface area (Å²) in [6.45, 7) is 11.0. The minimum absolute atomic E-state index is 0.792. The number of hydrogen-bond acceptors (Lipinski definition) is 5. The predicted molar refractivity (Wildman–Crippen MR) is 109 cm³/mol. The Balaban J connectivity index is 1.50. The van der Waals surface area contributed by atoms with Crippen molar-refractivity contribution in [2.45, 2.75) is 40.2 Å². The van der Waals surface area contributed by atoms with Crippen molar-refractivity contribution in [1.29, 1.82) is 0 Å². The second kappa shape index (κ2) is 7.69. The summed E-state index contributed by atoms with van der Waals surface area (Å²) in [6, 6.07) is 10.8. The molecule has 0 unspecified atom stereocenters. The van der Waals surface area contributed by atoms with Crippen LogP contribution in [0.25, 0.3) is 10.9 Å². The summed E-state index contributed by atoms with van der Waals surface area (Å²) >= 11 is 0. The highest BCUT2D eigenvalue weighted by atomic mass is 16.4. The van der Waals surface area contributed by atoms with Gasteiger partial charge in [-0.15, -0.1) is 0 Å². The number of rotatable bonds is 5. The van der Waals surface area contributed by atoms with Crippen LogP contribution in [0, 0.1) is 13.8 Å². The molecule has 142 valence electrons. The molecule has 1 aromatic carbocycles. The molecular weight excluding hydrogens is 336 g/mol. The van der Waals surface area contributed by atoms with Crippen molar-refractivity contribution in [3.63, 3.8) is 0 Å². The van der Waals surface area contributed by atoms with Gasteiger partial charge >= 0.3 is 0 Å². The molecule has 2 aromatic heterocycles. The van der Waals surface area contributed by atoms with Crippen molar-refractivity contribution in [3.05, 3.63) is 53.4 Å². The second-order valence-corrected chi connectivity index (χ2v) is 7.41. The topological polar surface area (TPSA) is 45.4 Å². The first-order valence-electron chi connectivity index (χ1n) is 9.93. The third kappa shape index (κ3) is 3.83. The number of aryl methyl sites for hydroxylation is 3. The molecular formula is C22H28N4O. The van der Waals surface area contributed by atoms with Crippen LogP contribution in [0.3, 0.4) is 0 Å². The van der Waals surface area contributed by atoms with Crippen LogP contribution in [0.15, 0.2) is 34.7 Å². The Kier molecular flexibility index (Phi) is 5.12. The Morgan fingerprint density at radius 2 is 1.81 bits per heavy atom. The van der Waals surface area contributed by atoms with E-state index >= 15 is 0 Å². The fourth-order valence-electron chi connectivity index (χ4n) is 3.80. The SMILES string of the molecule is CCCc1cc(N2CCN(Cc3nc(C)c(C)o3)CC2)c2ccccc2n1. The number of anilines is 1. The van der Waals surface area contributed by atoms with Crippen LogP contribution in [0.5, 0.6) is 0 Å². The number of oxazole rings is 1. The number of pyridine rings is 1. The van der Waals surface area contributed by atoms with E-state index in [0.29, 0.717) is 0 Å². The van der Waals surface area contributed by atoms with Crippen LogP contribution in [0.2, 0.25) is 0 Å². The first-order valence-corrected chi connectivity index (χ1v) is 9.93. The maximum Gasteiger partial charge on any atom is 0.208 e. The van der Waals surface area contributed by atoms with Gasteiger partial charge in [-0.3, -0.25) is 9.88 Å². The van der Waals surface area contributed by atoms with E-state index < -0.39 is 0 Å². The van der Waals surface area contributed by atoms with Crippen LogP contribution in [-0.2, 0) is 13.0 Å². The molecule has 0 saturated carbocycles. The van der Waals surface area contributed by atoms with Crippen LogP contribution in [0.1, 0.15) is 36.4 Å². The number of aromatic nitrogens is 2. The smallest absolute Gasteiger partial charge is 0.208 e. The van der Waals surface area contributed by atoms with Crippen molar-refractivity contribution in [3.8, 4) is 0 Å². The Hall–Kier alpha value is -2.40. The Bertz CT molecular complexity index is 906. The minimum Gasteiger partial charge on any atom is -0.444 e. The summed E-state index contributed by atoms with van der Waals surface area (Å²) in [5.41, 5.74) is 4.62. The quantitative estimate of drug-likeness (QED) is 0.682. The zero-order valence-electron chi connectivity index (χ0n) is 16.5. The van der Waals surface area contributed by atoms with Crippen molar-refractivity contribution in [2.75, 3.05) is 31.1 Å². The van der Waals surface area contributed by atoms with Gasteiger partial charge in [0.15, 0.2) is 0 Å². The molecule has 0 aliphatic carbocycles. The third-order valence-electron chi connectivity index (χ3n) is 5.40. The number of fused-ring (bicyclic) bond motifs is 1. The van der Waals surface area contributed by atoms with E-state index in [1.54, 1.807) is 0 Å². The second-order valence-electron chi connectivity index (χ2n) is 7.41. The van der Waals surface area contributed by atoms with Crippen molar-refractivity contribution in [1.82, 2.24) is 14.9 Å². The van der Waals surface area contributed by atoms with Crippen molar-refractivity contribution in [2.24, 2.45) is 0 Å². The van der Waals surface area contributed by atoms with Crippen LogP contribution in [-0.4, -0.2) is 41.0 Å². The molecule has 1 saturated heterocycles. The van der Waals surface area contributed by atoms with Gasteiger partial charge in [-0.1, -0.05) is 31.5 Å². The van der Waals surface area contributed by atoms with E-state index in [4.69, 9.17) is 9.40 Å². The van der Waals surface area contributed by atoms with E-state index in [1.807, 2.05) is 13.8 Å². The van der Waals surface area contributed by atoms with Gasteiger partial charge in [0.1, 0.15) is 5.76 Å². The van der Waals surface area contributed by atoms with E-state index in [-0.39, 0.29) is 0 Å².